The Morgan fingerprint density at radius 2 is 0.870 bits per heavy atom. The maximum Gasteiger partial charge on any atom is -0.0324 e. The van der Waals surface area contributed by atoms with Crippen LogP contribution in [0.3, 0.4) is 0 Å². The van der Waals surface area contributed by atoms with Gasteiger partial charge in [-0.15, -0.1) is 0 Å². The van der Waals surface area contributed by atoms with Crippen LogP contribution in [0.15, 0.2) is 0 Å². The third-order valence-corrected chi connectivity index (χ3v) is 5.35. The largest absolute Gasteiger partial charge is 0.0654 e. The average Bonchev–Trinajstić information content (AvgIpc) is 2.57. The zero-order valence-electron chi connectivity index (χ0n) is 17.0. The zero-order valence-corrected chi connectivity index (χ0v) is 17.0. The normalized spacial score (nSPS) is 14.1. The van der Waals surface area contributed by atoms with Gasteiger partial charge in [-0.3, -0.25) is 0 Å². The summed E-state index contributed by atoms with van der Waals surface area (Å²) in [5.74, 6) is 1.79. The molecule has 0 aromatic rings. The van der Waals surface area contributed by atoms with E-state index >= 15 is 0 Å². The predicted octanol–water partition coefficient (Wildman–Crippen LogP) is 8.74. The SMILES string of the molecule is CCCCCCCC([CH]C(CCCCC)CCCCCC)CC. The molecular formula is C23H47. The molecule has 0 spiro atoms. The fourth-order valence-electron chi connectivity index (χ4n) is 3.66. The Hall–Kier alpha value is 0. The van der Waals surface area contributed by atoms with E-state index in [1.807, 2.05) is 0 Å². The monoisotopic (exact) mass is 323 g/mol. The minimum atomic E-state index is 0.884. The van der Waals surface area contributed by atoms with Crippen LogP contribution in [0.25, 0.3) is 0 Å². The molecule has 23 heavy (non-hydrogen) atoms. The second kappa shape index (κ2) is 18.3. The first-order valence-electron chi connectivity index (χ1n) is 11.1. The molecule has 0 saturated carbocycles. The fraction of sp³-hybridized carbons (Fsp3) is 0.957. The average molecular weight is 324 g/mol. The van der Waals surface area contributed by atoms with Crippen molar-refractivity contribution in [2.45, 2.75) is 130 Å². The van der Waals surface area contributed by atoms with Gasteiger partial charge in [0.2, 0.25) is 0 Å². The molecule has 1 radical (unpaired) electrons. The minimum absolute atomic E-state index is 0.884. The summed E-state index contributed by atoms with van der Waals surface area (Å²) in [4.78, 5) is 0. The summed E-state index contributed by atoms with van der Waals surface area (Å²) >= 11 is 0. The van der Waals surface area contributed by atoms with Gasteiger partial charge in [0.1, 0.15) is 0 Å². The molecule has 0 aromatic carbocycles. The van der Waals surface area contributed by atoms with Crippen LogP contribution in [0, 0.1) is 18.3 Å². The molecule has 2 unspecified atom stereocenters. The van der Waals surface area contributed by atoms with Crippen molar-refractivity contribution >= 4 is 0 Å². The third kappa shape index (κ3) is 15.3. The van der Waals surface area contributed by atoms with Gasteiger partial charge in [-0.05, 0) is 18.3 Å². The lowest BCUT2D eigenvalue weighted by Gasteiger charge is -2.23. The quantitative estimate of drug-likeness (QED) is 0.221. The van der Waals surface area contributed by atoms with Gasteiger partial charge in [-0.25, -0.2) is 0 Å². The van der Waals surface area contributed by atoms with E-state index < -0.39 is 0 Å². The minimum Gasteiger partial charge on any atom is -0.0654 e. The molecule has 0 saturated heterocycles. The van der Waals surface area contributed by atoms with Crippen LogP contribution >= 0.6 is 0 Å². The molecule has 0 rings (SSSR count). The van der Waals surface area contributed by atoms with Crippen molar-refractivity contribution in [2.75, 3.05) is 0 Å². The molecular weight excluding hydrogens is 276 g/mol. The Morgan fingerprint density at radius 3 is 1.39 bits per heavy atom. The summed E-state index contributed by atoms with van der Waals surface area (Å²) < 4.78 is 0. The highest BCUT2D eigenvalue weighted by atomic mass is 14.2. The first-order chi connectivity index (χ1) is 11.3. The molecule has 0 heterocycles. The van der Waals surface area contributed by atoms with Crippen molar-refractivity contribution in [2.24, 2.45) is 11.8 Å². The lowest BCUT2D eigenvalue weighted by Crippen LogP contribution is -2.10. The molecule has 0 aliphatic heterocycles. The summed E-state index contributed by atoms with van der Waals surface area (Å²) in [5, 5.41) is 0. The molecule has 0 bridgehead atoms. The van der Waals surface area contributed by atoms with Crippen LogP contribution in [0.5, 0.6) is 0 Å². The van der Waals surface area contributed by atoms with Gasteiger partial charge in [0, 0.05) is 0 Å². The zero-order chi connectivity index (χ0) is 17.2. The second-order valence-electron chi connectivity index (χ2n) is 7.67. The standard InChI is InChI=1S/C23H47/c1-5-9-12-14-17-18-22(8-4)21-23(19-15-11-7-3)20-16-13-10-6-2/h21-23H,5-20H2,1-4H3. The van der Waals surface area contributed by atoms with E-state index in [1.54, 1.807) is 0 Å². The summed E-state index contributed by atoms with van der Waals surface area (Å²) in [5.41, 5.74) is 0. The molecule has 0 nitrogen and oxygen atoms in total. The Labute approximate surface area is 149 Å². The van der Waals surface area contributed by atoms with Crippen molar-refractivity contribution < 1.29 is 0 Å². The number of hydrogen-bond acceptors (Lipinski definition) is 0. The first kappa shape index (κ1) is 23.0. The molecule has 0 N–H and O–H groups in total. The van der Waals surface area contributed by atoms with Gasteiger partial charge in [0.25, 0.3) is 0 Å². The van der Waals surface area contributed by atoms with Crippen molar-refractivity contribution in [3.05, 3.63) is 6.42 Å². The van der Waals surface area contributed by atoms with Gasteiger partial charge in [-0.1, -0.05) is 130 Å². The lowest BCUT2D eigenvalue weighted by atomic mass is 9.83. The van der Waals surface area contributed by atoms with E-state index in [0.29, 0.717) is 0 Å². The van der Waals surface area contributed by atoms with Crippen molar-refractivity contribution in [3.63, 3.8) is 0 Å². The smallest absolute Gasteiger partial charge is 0.0324 e. The third-order valence-electron chi connectivity index (χ3n) is 5.35. The fourth-order valence-corrected chi connectivity index (χ4v) is 3.66. The van der Waals surface area contributed by atoms with Gasteiger partial charge in [0.05, 0.1) is 0 Å². The van der Waals surface area contributed by atoms with E-state index in [-0.39, 0.29) is 0 Å². The van der Waals surface area contributed by atoms with Crippen molar-refractivity contribution in [3.8, 4) is 0 Å². The number of unbranched alkanes of at least 4 members (excludes halogenated alkanes) is 9. The molecule has 0 aliphatic carbocycles. The topological polar surface area (TPSA) is 0 Å². The van der Waals surface area contributed by atoms with Crippen LogP contribution < -0.4 is 0 Å². The van der Waals surface area contributed by atoms with E-state index in [0.717, 1.165) is 11.8 Å². The molecule has 139 valence electrons. The predicted molar refractivity (Wildman–Crippen MR) is 108 cm³/mol. The Balaban J connectivity index is 4.04. The van der Waals surface area contributed by atoms with Crippen molar-refractivity contribution in [1.82, 2.24) is 0 Å². The summed E-state index contributed by atoms with van der Waals surface area (Å²) in [6.07, 6.45) is 25.5. The van der Waals surface area contributed by atoms with E-state index in [9.17, 15) is 0 Å². The summed E-state index contributed by atoms with van der Waals surface area (Å²) in [7, 11) is 0. The first-order valence-corrected chi connectivity index (χ1v) is 11.1. The molecule has 0 amide bonds. The maximum atomic E-state index is 2.78. The van der Waals surface area contributed by atoms with E-state index in [1.165, 1.54) is 103 Å². The highest BCUT2D eigenvalue weighted by molar-refractivity contribution is 4.83. The molecule has 0 fully saturated rings. The van der Waals surface area contributed by atoms with Crippen LogP contribution in [0.4, 0.5) is 0 Å². The van der Waals surface area contributed by atoms with Gasteiger partial charge < -0.3 is 0 Å². The second-order valence-corrected chi connectivity index (χ2v) is 7.67. The molecule has 0 aromatic heterocycles. The van der Waals surface area contributed by atoms with E-state index in [4.69, 9.17) is 0 Å². The molecule has 0 aliphatic rings. The Bertz CT molecular complexity index is 208. The molecule has 0 heteroatoms. The lowest BCUT2D eigenvalue weighted by molar-refractivity contribution is 0.381. The van der Waals surface area contributed by atoms with Crippen LogP contribution in [0.1, 0.15) is 130 Å². The Morgan fingerprint density at radius 1 is 0.478 bits per heavy atom. The number of hydrogen-bond donors (Lipinski definition) is 0. The van der Waals surface area contributed by atoms with E-state index in [2.05, 4.69) is 34.1 Å². The summed E-state index contributed by atoms with van der Waals surface area (Å²) in [6, 6.07) is 0. The highest BCUT2D eigenvalue weighted by Gasteiger charge is 2.15. The van der Waals surface area contributed by atoms with Crippen molar-refractivity contribution in [1.29, 1.82) is 0 Å². The van der Waals surface area contributed by atoms with Crippen LogP contribution in [-0.2, 0) is 0 Å². The van der Waals surface area contributed by atoms with Crippen LogP contribution in [0.2, 0.25) is 0 Å². The van der Waals surface area contributed by atoms with Crippen LogP contribution in [-0.4, -0.2) is 0 Å². The maximum absolute atomic E-state index is 2.78. The Kier molecular flexibility index (Phi) is 18.3. The van der Waals surface area contributed by atoms with Gasteiger partial charge in [-0.2, -0.15) is 0 Å². The van der Waals surface area contributed by atoms with Gasteiger partial charge >= 0.3 is 0 Å². The molecule has 2 atom stereocenters. The van der Waals surface area contributed by atoms with Gasteiger partial charge in [0.15, 0.2) is 0 Å². The number of rotatable bonds is 18. The summed E-state index contributed by atoms with van der Waals surface area (Å²) in [6.45, 7) is 9.34. The highest BCUT2D eigenvalue weighted by Crippen LogP contribution is 2.28.